The molecule has 2 heterocycles. The van der Waals surface area contributed by atoms with E-state index in [4.69, 9.17) is 5.11 Å². The molecule has 1 aliphatic heterocycles. The zero-order valence-corrected chi connectivity index (χ0v) is 12.5. The van der Waals surface area contributed by atoms with E-state index >= 15 is 0 Å². The molecule has 1 atom stereocenters. The van der Waals surface area contributed by atoms with Crippen LogP contribution in [0.3, 0.4) is 0 Å². The number of hydrogen-bond donors (Lipinski definition) is 1. The molecule has 0 aromatic carbocycles. The van der Waals surface area contributed by atoms with Gasteiger partial charge in [-0.05, 0) is 26.7 Å². The molecule has 1 unspecified atom stereocenters. The van der Waals surface area contributed by atoms with Crippen LogP contribution in [0.2, 0.25) is 0 Å². The number of amides is 1. The Morgan fingerprint density at radius 1 is 1.45 bits per heavy atom. The molecule has 2 rings (SSSR count). The number of hydrogen-bond acceptors (Lipinski definition) is 4. The van der Waals surface area contributed by atoms with Crippen LogP contribution in [-0.4, -0.2) is 50.3 Å². The molecule has 1 saturated heterocycles. The third kappa shape index (κ3) is 3.33. The molecular weight excluding hydrogens is 278 g/mol. The number of carboxylic acids is 1. The van der Waals surface area contributed by atoms with Gasteiger partial charge in [-0.2, -0.15) is 0 Å². The summed E-state index contributed by atoms with van der Waals surface area (Å²) in [6, 6.07) is -0.342. The van der Waals surface area contributed by atoms with E-state index in [1.807, 2.05) is 24.9 Å². The van der Waals surface area contributed by atoms with Crippen LogP contribution in [0.4, 0.5) is 0 Å². The fourth-order valence-corrected chi connectivity index (χ4v) is 3.15. The smallest absolute Gasteiger partial charge is 0.313 e. The van der Waals surface area contributed by atoms with E-state index in [1.165, 1.54) is 0 Å². The maximum atomic E-state index is 12.4. The summed E-state index contributed by atoms with van der Waals surface area (Å²) in [5.74, 6) is -0.862. The molecule has 20 heavy (non-hydrogen) atoms. The molecule has 0 aliphatic carbocycles. The number of aromatic nitrogens is 2. The molecule has 0 spiro atoms. The summed E-state index contributed by atoms with van der Waals surface area (Å²) in [5.41, 5.74) is 0.791. The Morgan fingerprint density at radius 3 is 2.70 bits per heavy atom. The molecule has 1 fully saturated rings. The highest BCUT2D eigenvalue weighted by atomic mass is 32.2. The van der Waals surface area contributed by atoms with Crippen LogP contribution in [0.25, 0.3) is 0 Å². The second-order valence-electron chi connectivity index (χ2n) is 4.96. The van der Waals surface area contributed by atoms with Crippen molar-refractivity contribution in [3.05, 3.63) is 11.9 Å². The van der Waals surface area contributed by atoms with Gasteiger partial charge in [-0.3, -0.25) is 9.59 Å². The van der Waals surface area contributed by atoms with Gasteiger partial charge in [-0.15, -0.1) is 0 Å². The summed E-state index contributed by atoms with van der Waals surface area (Å²) in [6.07, 6.45) is 3.92. The second kappa shape index (κ2) is 6.30. The predicted molar refractivity (Wildman–Crippen MR) is 75.8 cm³/mol. The first kappa shape index (κ1) is 14.9. The van der Waals surface area contributed by atoms with E-state index in [-0.39, 0.29) is 17.7 Å². The number of nitrogens with zero attached hydrogens (tertiary/aromatic N) is 3. The molecule has 0 saturated carbocycles. The largest absolute Gasteiger partial charge is 0.481 e. The van der Waals surface area contributed by atoms with Gasteiger partial charge in [0, 0.05) is 19.3 Å². The highest BCUT2D eigenvalue weighted by molar-refractivity contribution is 7.99. The minimum absolute atomic E-state index is 0.0545. The third-order valence-corrected chi connectivity index (χ3v) is 4.29. The van der Waals surface area contributed by atoms with Crippen molar-refractivity contribution in [3.63, 3.8) is 0 Å². The maximum Gasteiger partial charge on any atom is 0.313 e. The highest BCUT2D eigenvalue weighted by Gasteiger charge is 2.26. The topological polar surface area (TPSA) is 75.4 Å². The Labute approximate surface area is 122 Å². The Bertz CT molecular complexity index is 509. The third-order valence-electron chi connectivity index (χ3n) is 3.34. The van der Waals surface area contributed by atoms with E-state index in [0.29, 0.717) is 5.16 Å². The van der Waals surface area contributed by atoms with E-state index in [1.54, 1.807) is 4.57 Å². The molecule has 0 bridgehead atoms. The highest BCUT2D eigenvalue weighted by Crippen LogP contribution is 2.24. The van der Waals surface area contributed by atoms with Gasteiger partial charge in [0.2, 0.25) is 5.91 Å². The van der Waals surface area contributed by atoms with E-state index < -0.39 is 5.97 Å². The fourth-order valence-electron chi connectivity index (χ4n) is 2.33. The van der Waals surface area contributed by atoms with Crippen LogP contribution < -0.4 is 0 Å². The number of aryl methyl sites for hydroxylation is 1. The number of thioether (sulfide) groups is 1. The van der Waals surface area contributed by atoms with Gasteiger partial charge in [0.15, 0.2) is 5.16 Å². The number of carbonyl (C=O) groups excluding carboxylic acids is 1. The maximum absolute atomic E-state index is 12.4. The summed E-state index contributed by atoms with van der Waals surface area (Å²) in [6.45, 7) is 5.31. The quantitative estimate of drug-likeness (QED) is 0.835. The van der Waals surface area contributed by atoms with Crippen LogP contribution in [0.1, 0.15) is 31.5 Å². The van der Waals surface area contributed by atoms with Gasteiger partial charge in [-0.25, -0.2) is 4.98 Å². The molecule has 1 aromatic rings. The van der Waals surface area contributed by atoms with Crippen LogP contribution >= 0.6 is 11.8 Å². The number of rotatable bonds is 5. The van der Waals surface area contributed by atoms with Crippen LogP contribution in [0.5, 0.6) is 0 Å². The van der Waals surface area contributed by atoms with Crippen LogP contribution in [0.15, 0.2) is 11.4 Å². The Balaban J connectivity index is 2.13. The minimum Gasteiger partial charge on any atom is -0.481 e. The zero-order valence-electron chi connectivity index (χ0n) is 11.7. The van der Waals surface area contributed by atoms with Gasteiger partial charge in [0.25, 0.3) is 0 Å². The fraction of sp³-hybridized carbons (Fsp3) is 0.615. The van der Waals surface area contributed by atoms with E-state index in [0.717, 1.165) is 43.4 Å². The van der Waals surface area contributed by atoms with Gasteiger partial charge in [0.1, 0.15) is 6.04 Å². The number of carboxylic acid groups (broad SMARTS) is 1. The molecule has 1 aliphatic rings. The Kier molecular flexibility index (Phi) is 4.69. The first-order valence-electron chi connectivity index (χ1n) is 6.68. The molecule has 110 valence electrons. The first-order chi connectivity index (χ1) is 9.49. The second-order valence-corrected chi connectivity index (χ2v) is 5.91. The zero-order chi connectivity index (χ0) is 14.7. The van der Waals surface area contributed by atoms with Crippen molar-refractivity contribution in [2.45, 2.75) is 37.9 Å². The molecule has 0 radical (unpaired) electrons. The molecule has 1 aromatic heterocycles. The molecular formula is C13H19N3O3S. The predicted octanol–water partition coefficient (Wildman–Crippen LogP) is 1.55. The number of aliphatic carboxylic acids is 1. The van der Waals surface area contributed by atoms with Gasteiger partial charge < -0.3 is 14.6 Å². The summed E-state index contributed by atoms with van der Waals surface area (Å²) in [7, 11) is 0. The average Bonchev–Trinajstić information content (AvgIpc) is 3.03. The SMILES string of the molecule is Cc1cn(C(C)C(=O)N2CCCC2)c(SCC(=O)O)n1. The average molecular weight is 297 g/mol. The monoisotopic (exact) mass is 297 g/mol. The lowest BCUT2D eigenvalue weighted by atomic mass is 10.3. The minimum atomic E-state index is -0.888. The molecule has 1 amide bonds. The van der Waals surface area contributed by atoms with Crippen molar-refractivity contribution in [2.75, 3.05) is 18.8 Å². The molecule has 7 heteroatoms. The van der Waals surface area contributed by atoms with E-state index in [9.17, 15) is 9.59 Å². The molecule has 6 nitrogen and oxygen atoms in total. The first-order valence-corrected chi connectivity index (χ1v) is 7.66. The summed E-state index contributed by atoms with van der Waals surface area (Å²) < 4.78 is 1.78. The van der Waals surface area contributed by atoms with Crippen LogP contribution in [-0.2, 0) is 9.59 Å². The Morgan fingerprint density at radius 2 is 2.10 bits per heavy atom. The number of likely N-dealkylation sites (tertiary alicyclic amines) is 1. The Hall–Kier alpha value is -1.50. The van der Waals surface area contributed by atoms with Crippen molar-refractivity contribution >= 4 is 23.6 Å². The van der Waals surface area contributed by atoms with Crippen molar-refractivity contribution in [2.24, 2.45) is 0 Å². The normalized spacial score (nSPS) is 16.4. The lowest BCUT2D eigenvalue weighted by Gasteiger charge is -2.22. The van der Waals surface area contributed by atoms with Crippen molar-refractivity contribution in [1.29, 1.82) is 0 Å². The summed E-state index contributed by atoms with van der Waals surface area (Å²) in [4.78, 5) is 29.2. The number of carbonyl (C=O) groups is 2. The van der Waals surface area contributed by atoms with Crippen molar-refractivity contribution in [1.82, 2.24) is 14.5 Å². The van der Waals surface area contributed by atoms with Crippen molar-refractivity contribution in [3.8, 4) is 0 Å². The van der Waals surface area contributed by atoms with Crippen LogP contribution in [0, 0.1) is 6.92 Å². The summed E-state index contributed by atoms with van der Waals surface area (Å²) >= 11 is 1.15. The number of imidazole rings is 1. The van der Waals surface area contributed by atoms with Gasteiger partial charge in [0.05, 0.1) is 11.4 Å². The standard InChI is InChI=1S/C13H19N3O3S/c1-9-7-16(13(14-9)20-8-11(17)18)10(2)12(19)15-5-3-4-6-15/h7,10H,3-6,8H2,1-2H3,(H,17,18). The van der Waals surface area contributed by atoms with Gasteiger partial charge >= 0.3 is 5.97 Å². The lowest BCUT2D eigenvalue weighted by molar-refractivity contribution is -0.134. The summed E-state index contributed by atoms with van der Waals surface area (Å²) in [5, 5.41) is 9.35. The molecule has 1 N–H and O–H groups in total. The van der Waals surface area contributed by atoms with E-state index in [2.05, 4.69) is 4.98 Å². The van der Waals surface area contributed by atoms with Gasteiger partial charge in [-0.1, -0.05) is 11.8 Å². The van der Waals surface area contributed by atoms with Crippen molar-refractivity contribution < 1.29 is 14.7 Å². The lowest BCUT2D eigenvalue weighted by Crippen LogP contribution is -2.34.